The molecule has 28 heavy (non-hydrogen) atoms. The molecule has 0 aliphatic carbocycles. The highest BCUT2D eigenvalue weighted by atomic mass is 19.1. The van der Waals surface area contributed by atoms with Crippen LogP contribution in [0.1, 0.15) is 20.7 Å². The van der Waals surface area contributed by atoms with E-state index in [4.69, 9.17) is 4.74 Å². The van der Waals surface area contributed by atoms with Crippen molar-refractivity contribution in [2.75, 3.05) is 19.1 Å². The van der Waals surface area contributed by atoms with E-state index in [1.165, 1.54) is 12.1 Å². The van der Waals surface area contributed by atoms with Crippen molar-refractivity contribution in [2.24, 2.45) is 0 Å². The molecule has 5 nitrogen and oxygen atoms in total. The van der Waals surface area contributed by atoms with Gasteiger partial charge in [-0.1, -0.05) is 36.4 Å². The van der Waals surface area contributed by atoms with E-state index in [2.05, 4.69) is 5.32 Å². The molecule has 4 rings (SSSR count). The van der Waals surface area contributed by atoms with Crippen molar-refractivity contribution in [3.63, 3.8) is 0 Å². The van der Waals surface area contributed by atoms with E-state index in [1.807, 2.05) is 48.5 Å². The van der Waals surface area contributed by atoms with Crippen LogP contribution in [0.2, 0.25) is 0 Å². The summed E-state index contributed by atoms with van der Waals surface area (Å²) in [5.41, 5.74) is 2.93. The Bertz CT molecular complexity index is 1070. The predicted molar refractivity (Wildman–Crippen MR) is 104 cm³/mol. The summed E-state index contributed by atoms with van der Waals surface area (Å²) in [4.78, 5) is 26.0. The molecule has 1 N–H and O–H groups in total. The Hall–Kier alpha value is -3.67. The van der Waals surface area contributed by atoms with Crippen LogP contribution in [0, 0.1) is 5.82 Å². The fourth-order valence-electron chi connectivity index (χ4n) is 3.23. The van der Waals surface area contributed by atoms with Crippen molar-refractivity contribution in [3.05, 3.63) is 83.7 Å². The number of ether oxygens (including phenoxy) is 1. The van der Waals surface area contributed by atoms with Crippen molar-refractivity contribution in [1.82, 2.24) is 4.90 Å². The average Bonchev–Trinajstić information content (AvgIpc) is 2.96. The molecule has 1 aliphatic rings. The Balaban J connectivity index is 1.58. The molecule has 1 aliphatic heterocycles. The number of rotatable bonds is 5. The van der Waals surface area contributed by atoms with Crippen LogP contribution in [-0.4, -0.2) is 30.5 Å². The van der Waals surface area contributed by atoms with Crippen molar-refractivity contribution in [2.45, 2.75) is 0 Å². The minimum atomic E-state index is -0.549. The third kappa shape index (κ3) is 3.09. The first-order valence-electron chi connectivity index (χ1n) is 8.71. The Morgan fingerprint density at radius 2 is 1.64 bits per heavy atom. The van der Waals surface area contributed by atoms with Crippen LogP contribution in [0.5, 0.6) is 5.75 Å². The first kappa shape index (κ1) is 17.7. The normalized spacial score (nSPS) is 12.9. The monoisotopic (exact) mass is 376 g/mol. The van der Waals surface area contributed by atoms with Crippen LogP contribution in [-0.2, 0) is 0 Å². The van der Waals surface area contributed by atoms with Gasteiger partial charge in [0.2, 0.25) is 0 Å². The minimum Gasteiger partial charge on any atom is -0.495 e. The van der Waals surface area contributed by atoms with Crippen molar-refractivity contribution in [3.8, 4) is 16.9 Å². The first-order chi connectivity index (χ1) is 13.6. The van der Waals surface area contributed by atoms with E-state index in [0.29, 0.717) is 11.4 Å². The second-order valence-corrected chi connectivity index (χ2v) is 6.34. The number of benzene rings is 3. The number of anilines is 1. The second-order valence-electron chi connectivity index (χ2n) is 6.34. The number of carbonyl (C=O) groups is 2. The van der Waals surface area contributed by atoms with Crippen LogP contribution >= 0.6 is 0 Å². The molecule has 0 spiro atoms. The van der Waals surface area contributed by atoms with Gasteiger partial charge < -0.3 is 10.1 Å². The number of halogens is 1. The van der Waals surface area contributed by atoms with Gasteiger partial charge in [-0.25, -0.2) is 4.39 Å². The number of nitrogens with one attached hydrogen (secondary N) is 1. The summed E-state index contributed by atoms with van der Waals surface area (Å²) in [6.45, 7) is -0.0530. The van der Waals surface area contributed by atoms with E-state index >= 15 is 0 Å². The topological polar surface area (TPSA) is 58.6 Å². The van der Waals surface area contributed by atoms with Crippen LogP contribution in [0.25, 0.3) is 11.1 Å². The van der Waals surface area contributed by atoms with Gasteiger partial charge in [0.05, 0.1) is 30.6 Å². The molecule has 0 fully saturated rings. The van der Waals surface area contributed by atoms with E-state index in [-0.39, 0.29) is 17.8 Å². The van der Waals surface area contributed by atoms with Gasteiger partial charge in [0.25, 0.3) is 11.8 Å². The van der Waals surface area contributed by atoms with Crippen LogP contribution in [0.3, 0.4) is 0 Å². The SMILES string of the molecule is COc1ccc(-c2ccccc2)cc1NCN1C(=O)c2ccc(F)cc2C1=O. The summed E-state index contributed by atoms with van der Waals surface area (Å²) in [5.74, 6) is -0.940. The number of carbonyl (C=O) groups excluding carboxylic acids is 2. The molecule has 3 aromatic rings. The maximum atomic E-state index is 13.4. The number of hydrogen-bond donors (Lipinski definition) is 1. The molecule has 0 radical (unpaired) electrons. The molecule has 1 heterocycles. The largest absolute Gasteiger partial charge is 0.495 e. The highest BCUT2D eigenvalue weighted by Crippen LogP contribution is 2.31. The molecule has 0 bridgehead atoms. The molecule has 6 heteroatoms. The molecular weight excluding hydrogens is 359 g/mol. The highest BCUT2D eigenvalue weighted by molar-refractivity contribution is 6.21. The number of hydrogen-bond acceptors (Lipinski definition) is 4. The molecule has 2 amide bonds. The maximum Gasteiger partial charge on any atom is 0.263 e. The lowest BCUT2D eigenvalue weighted by Gasteiger charge is -2.18. The molecular formula is C22H17FN2O3. The van der Waals surface area contributed by atoms with Crippen LogP contribution < -0.4 is 10.1 Å². The third-order valence-corrected chi connectivity index (χ3v) is 4.67. The summed E-state index contributed by atoms with van der Waals surface area (Å²) in [5, 5.41) is 3.09. The Kier molecular flexibility index (Phi) is 4.53. The fraction of sp³-hybridized carbons (Fsp3) is 0.0909. The number of nitrogens with zero attached hydrogens (tertiary/aromatic N) is 1. The summed E-state index contributed by atoms with van der Waals surface area (Å²) in [6.07, 6.45) is 0. The predicted octanol–water partition coefficient (Wildman–Crippen LogP) is 4.17. The van der Waals surface area contributed by atoms with Gasteiger partial charge in [-0.05, 0) is 41.5 Å². The van der Waals surface area contributed by atoms with Gasteiger partial charge in [-0.2, -0.15) is 0 Å². The first-order valence-corrected chi connectivity index (χ1v) is 8.71. The number of fused-ring (bicyclic) bond motifs is 1. The molecule has 0 unspecified atom stereocenters. The van der Waals surface area contributed by atoms with Gasteiger partial charge in [-0.3, -0.25) is 14.5 Å². The Morgan fingerprint density at radius 1 is 0.893 bits per heavy atom. The second kappa shape index (κ2) is 7.15. The molecule has 3 aromatic carbocycles. The summed E-state index contributed by atoms with van der Waals surface area (Å²) >= 11 is 0. The van der Waals surface area contributed by atoms with Gasteiger partial charge in [-0.15, -0.1) is 0 Å². The zero-order valence-electron chi connectivity index (χ0n) is 15.1. The van der Waals surface area contributed by atoms with Crippen molar-refractivity contribution < 1.29 is 18.7 Å². The van der Waals surface area contributed by atoms with Crippen LogP contribution in [0.15, 0.2) is 66.7 Å². The van der Waals surface area contributed by atoms with Crippen molar-refractivity contribution in [1.29, 1.82) is 0 Å². The summed E-state index contributed by atoms with van der Waals surface area (Å²) in [6, 6.07) is 19.1. The summed E-state index contributed by atoms with van der Waals surface area (Å²) < 4.78 is 18.8. The summed E-state index contributed by atoms with van der Waals surface area (Å²) in [7, 11) is 1.55. The zero-order chi connectivity index (χ0) is 19.7. The lowest BCUT2D eigenvalue weighted by atomic mass is 10.0. The van der Waals surface area contributed by atoms with E-state index in [0.717, 1.165) is 22.1 Å². The smallest absolute Gasteiger partial charge is 0.263 e. The Morgan fingerprint density at radius 3 is 2.39 bits per heavy atom. The molecule has 0 saturated carbocycles. The molecule has 0 aromatic heterocycles. The van der Waals surface area contributed by atoms with Crippen LogP contribution in [0.4, 0.5) is 10.1 Å². The third-order valence-electron chi connectivity index (χ3n) is 4.67. The van der Waals surface area contributed by atoms with Gasteiger partial charge in [0, 0.05) is 0 Å². The van der Waals surface area contributed by atoms with Crippen molar-refractivity contribution >= 4 is 17.5 Å². The maximum absolute atomic E-state index is 13.4. The number of amides is 2. The minimum absolute atomic E-state index is 0.0530. The molecule has 140 valence electrons. The van der Waals surface area contributed by atoms with E-state index in [9.17, 15) is 14.0 Å². The van der Waals surface area contributed by atoms with E-state index < -0.39 is 17.6 Å². The zero-order valence-corrected chi connectivity index (χ0v) is 15.1. The lowest BCUT2D eigenvalue weighted by Crippen LogP contribution is -2.34. The lowest BCUT2D eigenvalue weighted by molar-refractivity contribution is 0.0665. The number of methoxy groups -OCH3 is 1. The van der Waals surface area contributed by atoms with E-state index in [1.54, 1.807) is 7.11 Å². The standard InChI is InChI=1S/C22H17FN2O3/c1-28-20-10-7-15(14-5-3-2-4-6-14)11-19(20)24-13-25-21(26)17-9-8-16(23)12-18(17)22(25)27/h2-12,24H,13H2,1H3. The number of imide groups is 1. The van der Waals surface area contributed by atoms with Gasteiger partial charge >= 0.3 is 0 Å². The highest BCUT2D eigenvalue weighted by Gasteiger charge is 2.35. The van der Waals surface area contributed by atoms with Gasteiger partial charge in [0.15, 0.2) is 0 Å². The quantitative estimate of drug-likeness (QED) is 0.679. The average molecular weight is 376 g/mol. The fourth-order valence-corrected chi connectivity index (χ4v) is 3.23. The van der Waals surface area contributed by atoms with Gasteiger partial charge in [0.1, 0.15) is 11.6 Å². The molecule has 0 saturated heterocycles. The molecule has 0 atom stereocenters. The Labute approximate surface area is 161 Å².